The maximum atomic E-state index is 13.0. The van der Waals surface area contributed by atoms with Crippen LogP contribution in [-0.4, -0.2) is 29.1 Å². The Kier molecular flexibility index (Phi) is 7.00. The van der Waals surface area contributed by atoms with E-state index in [1.165, 1.54) is 25.6 Å². The summed E-state index contributed by atoms with van der Waals surface area (Å²) in [7, 11) is 1.25. The van der Waals surface area contributed by atoms with Gasteiger partial charge in [0.05, 0.1) is 24.9 Å². The van der Waals surface area contributed by atoms with Gasteiger partial charge in [0, 0.05) is 17.3 Å². The van der Waals surface area contributed by atoms with E-state index in [0.717, 1.165) is 12.1 Å². The molecule has 0 aliphatic carbocycles. The third-order valence-electron chi connectivity index (χ3n) is 5.06. The van der Waals surface area contributed by atoms with E-state index in [4.69, 9.17) is 4.74 Å². The van der Waals surface area contributed by atoms with Gasteiger partial charge in [0.15, 0.2) is 0 Å². The number of nitrogens with one attached hydrogen (secondary N) is 2. The number of anilines is 1. The average Bonchev–Trinajstić information content (AvgIpc) is 2.86. The van der Waals surface area contributed by atoms with Crippen molar-refractivity contribution in [2.75, 3.05) is 12.4 Å². The zero-order valence-corrected chi connectivity index (χ0v) is 18.8. The second-order valence-electron chi connectivity index (χ2n) is 7.52. The van der Waals surface area contributed by atoms with Crippen LogP contribution in [0.5, 0.6) is 11.6 Å². The summed E-state index contributed by atoms with van der Waals surface area (Å²) in [5.74, 6) is 0.125. The van der Waals surface area contributed by atoms with Gasteiger partial charge in [-0.3, -0.25) is 4.79 Å². The van der Waals surface area contributed by atoms with Crippen molar-refractivity contribution >= 4 is 28.5 Å². The summed E-state index contributed by atoms with van der Waals surface area (Å²) in [6.07, 6.45) is -3.82. The van der Waals surface area contributed by atoms with Crippen LogP contribution < -0.4 is 15.4 Å². The Morgan fingerprint density at radius 3 is 2.56 bits per heavy atom. The summed E-state index contributed by atoms with van der Waals surface area (Å²) in [4.78, 5) is 32.2. The number of nitrogens with zero attached hydrogens (tertiary/aromatic N) is 2. The molecule has 0 aliphatic heterocycles. The van der Waals surface area contributed by atoms with E-state index in [9.17, 15) is 22.8 Å². The van der Waals surface area contributed by atoms with Crippen molar-refractivity contribution in [1.29, 1.82) is 0 Å². The summed E-state index contributed by atoms with van der Waals surface area (Å²) >= 11 is 0. The Morgan fingerprint density at radius 2 is 1.78 bits per heavy atom. The molecule has 0 spiro atoms. The molecule has 36 heavy (non-hydrogen) atoms. The number of hydrogen-bond donors (Lipinski definition) is 2. The highest BCUT2D eigenvalue weighted by Gasteiger charge is 2.30. The molecule has 0 atom stereocenters. The highest BCUT2D eigenvalue weighted by Crippen LogP contribution is 2.31. The molecule has 8 nitrogen and oxygen atoms in total. The summed E-state index contributed by atoms with van der Waals surface area (Å²) in [6.45, 7) is 0.119. The fraction of sp³-hybridized carbons (Fsp3) is 0.120. The standard InChI is InChI=1S/C25H19F3N4O4/c1-35-24(34)29-13-18-12-22(31-14-30-18)36-19-8-9-20-15(10-19)4-2-7-21(20)23(33)32-17-6-3-5-16(11-17)25(26,27)28/h2-12,14H,13H2,1H3,(H,29,34)(H,32,33). The quantitative estimate of drug-likeness (QED) is 0.363. The first kappa shape index (κ1) is 24.5. The van der Waals surface area contributed by atoms with Gasteiger partial charge >= 0.3 is 12.3 Å². The lowest BCUT2D eigenvalue weighted by Crippen LogP contribution is -2.22. The fourth-order valence-corrected chi connectivity index (χ4v) is 3.38. The van der Waals surface area contributed by atoms with Crippen LogP contribution in [0, 0.1) is 0 Å². The number of hydrogen-bond acceptors (Lipinski definition) is 6. The van der Waals surface area contributed by atoms with Crippen LogP contribution >= 0.6 is 0 Å². The van der Waals surface area contributed by atoms with Crippen molar-refractivity contribution in [3.63, 3.8) is 0 Å². The monoisotopic (exact) mass is 496 g/mol. The molecule has 0 unspecified atom stereocenters. The van der Waals surface area contributed by atoms with Gasteiger partial charge in [-0.05, 0) is 53.2 Å². The molecule has 0 bridgehead atoms. The number of methoxy groups -OCH3 is 1. The zero-order chi connectivity index (χ0) is 25.7. The normalized spacial score (nSPS) is 11.1. The molecule has 11 heteroatoms. The molecule has 0 saturated carbocycles. The highest BCUT2D eigenvalue weighted by molar-refractivity contribution is 6.13. The van der Waals surface area contributed by atoms with Crippen molar-refractivity contribution in [3.8, 4) is 11.6 Å². The lowest BCUT2D eigenvalue weighted by Gasteiger charge is -2.12. The molecule has 0 radical (unpaired) electrons. The molecule has 0 aliphatic rings. The number of alkyl carbamates (subject to hydrolysis) is 1. The molecule has 4 aromatic rings. The van der Waals surface area contributed by atoms with Gasteiger partial charge in [-0.15, -0.1) is 0 Å². The number of carbonyl (C=O) groups excluding carboxylic acids is 2. The molecule has 0 fully saturated rings. The molecule has 2 N–H and O–H groups in total. The van der Waals surface area contributed by atoms with Crippen molar-refractivity contribution in [1.82, 2.24) is 15.3 Å². The maximum Gasteiger partial charge on any atom is 0.416 e. The average molecular weight is 496 g/mol. The van der Waals surface area contributed by atoms with E-state index in [1.807, 2.05) is 0 Å². The largest absolute Gasteiger partial charge is 0.453 e. The predicted molar refractivity (Wildman–Crippen MR) is 125 cm³/mol. The van der Waals surface area contributed by atoms with Gasteiger partial charge < -0.3 is 20.1 Å². The molecule has 1 aromatic heterocycles. The van der Waals surface area contributed by atoms with E-state index < -0.39 is 23.7 Å². The number of ether oxygens (including phenoxy) is 2. The van der Waals surface area contributed by atoms with Crippen molar-refractivity contribution in [3.05, 3.63) is 89.9 Å². The lowest BCUT2D eigenvalue weighted by atomic mass is 10.0. The first-order valence-electron chi connectivity index (χ1n) is 10.5. The Bertz CT molecular complexity index is 1430. The van der Waals surface area contributed by atoms with Gasteiger partial charge in [-0.25, -0.2) is 14.8 Å². The molecule has 3 aromatic carbocycles. The molecular weight excluding hydrogens is 477 g/mol. The van der Waals surface area contributed by atoms with Gasteiger partial charge in [0.1, 0.15) is 12.1 Å². The number of rotatable bonds is 6. The van der Waals surface area contributed by atoms with Gasteiger partial charge in [0.25, 0.3) is 5.91 Å². The first-order valence-corrected chi connectivity index (χ1v) is 10.5. The molecule has 2 amide bonds. The minimum Gasteiger partial charge on any atom is -0.453 e. The molecule has 0 saturated heterocycles. The van der Waals surface area contributed by atoms with Crippen LogP contribution in [0.2, 0.25) is 0 Å². The Balaban J connectivity index is 1.52. The number of fused-ring (bicyclic) bond motifs is 1. The fourth-order valence-electron chi connectivity index (χ4n) is 3.38. The number of carbonyl (C=O) groups is 2. The molecule has 1 heterocycles. The van der Waals surface area contributed by atoms with Crippen LogP contribution in [0.4, 0.5) is 23.7 Å². The van der Waals surface area contributed by atoms with Crippen LogP contribution in [0.3, 0.4) is 0 Å². The van der Waals surface area contributed by atoms with Crippen molar-refractivity contribution < 1.29 is 32.2 Å². The third kappa shape index (κ3) is 5.87. The summed E-state index contributed by atoms with van der Waals surface area (Å²) < 4.78 is 49.3. The third-order valence-corrected chi connectivity index (χ3v) is 5.06. The Hall–Kier alpha value is -4.67. The summed E-state index contributed by atoms with van der Waals surface area (Å²) in [5.41, 5.74) is -0.0311. The highest BCUT2D eigenvalue weighted by atomic mass is 19.4. The number of alkyl halides is 3. The van der Waals surface area contributed by atoms with E-state index >= 15 is 0 Å². The topological polar surface area (TPSA) is 102 Å². The Labute approximate surface area is 203 Å². The minimum atomic E-state index is -4.51. The van der Waals surface area contributed by atoms with E-state index in [1.54, 1.807) is 42.5 Å². The number of aromatic nitrogens is 2. The Morgan fingerprint density at radius 1 is 0.972 bits per heavy atom. The van der Waals surface area contributed by atoms with E-state index in [0.29, 0.717) is 22.2 Å². The zero-order valence-electron chi connectivity index (χ0n) is 18.8. The van der Waals surface area contributed by atoms with Crippen LogP contribution in [-0.2, 0) is 17.5 Å². The molecule has 184 valence electrons. The molecule has 4 rings (SSSR count). The van der Waals surface area contributed by atoms with Crippen molar-refractivity contribution in [2.45, 2.75) is 12.7 Å². The second kappa shape index (κ2) is 10.3. The summed E-state index contributed by atoms with van der Waals surface area (Å²) in [6, 6.07) is 16.0. The maximum absolute atomic E-state index is 13.0. The predicted octanol–water partition coefficient (Wildman–Crippen LogP) is 5.55. The van der Waals surface area contributed by atoms with Crippen LogP contribution in [0.25, 0.3) is 10.8 Å². The van der Waals surface area contributed by atoms with Gasteiger partial charge in [0.2, 0.25) is 5.88 Å². The molecular formula is C25H19F3N4O4. The summed E-state index contributed by atoms with van der Waals surface area (Å²) in [5, 5.41) is 6.28. The van der Waals surface area contributed by atoms with Crippen LogP contribution in [0.1, 0.15) is 21.6 Å². The SMILES string of the molecule is COC(=O)NCc1cc(Oc2ccc3c(C(=O)Nc4cccc(C(F)(F)F)c4)cccc3c2)ncn1. The first-order chi connectivity index (χ1) is 17.2. The smallest absolute Gasteiger partial charge is 0.416 e. The number of benzene rings is 3. The van der Waals surface area contributed by atoms with Crippen molar-refractivity contribution in [2.24, 2.45) is 0 Å². The van der Waals surface area contributed by atoms with Gasteiger partial charge in [-0.2, -0.15) is 13.2 Å². The minimum absolute atomic E-state index is 0.0352. The van der Waals surface area contributed by atoms with E-state index in [2.05, 4.69) is 25.3 Å². The second-order valence-corrected chi connectivity index (χ2v) is 7.52. The number of halogens is 3. The van der Waals surface area contributed by atoms with Crippen LogP contribution in [0.15, 0.2) is 73.1 Å². The van der Waals surface area contributed by atoms with Gasteiger partial charge in [-0.1, -0.05) is 18.2 Å². The lowest BCUT2D eigenvalue weighted by molar-refractivity contribution is -0.137. The van der Waals surface area contributed by atoms with E-state index in [-0.39, 0.29) is 23.7 Å². The number of amides is 2.